The van der Waals surface area contributed by atoms with Crippen LogP contribution in [-0.4, -0.2) is 41.1 Å². The second kappa shape index (κ2) is 13.0. The maximum Gasteiger partial charge on any atom is 0.242 e. The van der Waals surface area contributed by atoms with Crippen molar-refractivity contribution in [3.05, 3.63) is 69.7 Å². The van der Waals surface area contributed by atoms with E-state index < -0.39 is 6.04 Å². The number of nitrogens with one attached hydrogen (secondary N) is 1. The molecule has 2 aromatic carbocycles. The van der Waals surface area contributed by atoms with Gasteiger partial charge in [-0.25, -0.2) is 0 Å². The fourth-order valence-corrected chi connectivity index (χ4v) is 4.68. The summed E-state index contributed by atoms with van der Waals surface area (Å²) in [5.74, 6) is 0.576. The molecule has 2 rings (SSSR count). The molecular weight excluding hydrogens is 451 g/mol. The zero-order valence-electron chi connectivity index (χ0n) is 18.2. The van der Waals surface area contributed by atoms with Crippen LogP contribution >= 0.6 is 35.0 Å². The second-order valence-corrected chi connectivity index (χ2v) is 9.31. The van der Waals surface area contributed by atoms with Gasteiger partial charge in [0.2, 0.25) is 11.8 Å². The maximum atomic E-state index is 13.1. The lowest BCUT2D eigenvalue weighted by molar-refractivity contribution is -0.138. The smallest absolute Gasteiger partial charge is 0.242 e. The molecule has 1 N–H and O–H groups in total. The van der Waals surface area contributed by atoms with Gasteiger partial charge in [0, 0.05) is 28.4 Å². The molecule has 2 amide bonds. The number of carbonyl (C=O) groups is 2. The summed E-state index contributed by atoms with van der Waals surface area (Å²) in [5.41, 5.74) is 1.95. The van der Waals surface area contributed by atoms with E-state index in [1.165, 1.54) is 11.8 Å². The average Bonchev–Trinajstić information content (AvgIpc) is 2.76. The van der Waals surface area contributed by atoms with E-state index in [1.807, 2.05) is 44.2 Å². The summed E-state index contributed by atoms with van der Waals surface area (Å²) in [6.07, 6.45) is 1.53. The number of benzene rings is 2. The number of hydrogen-bond acceptors (Lipinski definition) is 3. The number of halogens is 2. The van der Waals surface area contributed by atoms with Crippen molar-refractivity contribution < 1.29 is 9.59 Å². The standard InChI is InChI=1S/C24H30Cl2N2O2S/c1-4-17(2)27-24(30)18(3)28(14-13-19-9-6-5-7-10-19)23(29)16-31-15-20-21(25)11-8-12-22(20)26/h5-12,17-18H,4,13-16H2,1-3H3,(H,27,30)/t17-,18-/m0/s1. The minimum Gasteiger partial charge on any atom is -0.352 e. The average molecular weight is 481 g/mol. The Morgan fingerprint density at radius 2 is 1.68 bits per heavy atom. The van der Waals surface area contributed by atoms with E-state index in [4.69, 9.17) is 23.2 Å². The van der Waals surface area contributed by atoms with E-state index in [-0.39, 0.29) is 23.6 Å². The van der Waals surface area contributed by atoms with Crippen LogP contribution in [0.15, 0.2) is 48.5 Å². The van der Waals surface area contributed by atoms with Crippen LogP contribution in [-0.2, 0) is 21.8 Å². The van der Waals surface area contributed by atoms with Gasteiger partial charge < -0.3 is 10.2 Å². The van der Waals surface area contributed by atoms with Crippen LogP contribution in [0.25, 0.3) is 0 Å². The van der Waals surface area contributed by atoms with Gasteiger partial charge in [-0.3, -0.25) is 9.59 Å². The van der Waals surface area contributed by atoms with Gasteiger partial charge in [0.15, 0.2) is 0 Å². The fraction of sp³-hybridized carbons (Fsp3) is 0.417. The van der Waals surface area contributed by atoms with Crippen LogP contribution in [0.2, 0.25) is 10.0 Å². The third-order valence-corrected chi connectivity index (χ3v) is 6.84. The normalized spacial score (nSPS) is 12.8. The van der Waals surface area contributed by atoms with Crippen molar-refractivity contribution in [2.75, 3.05) is 12.3 Å². The van der Waals surface area contributed by atoms with E-state index in [2.05, 4.69) is 5.32 Å². The van der Waals surface area contributed by atoms with E-state index >= 15 is 0 Å². The molecule has 0 aliphatic heterocycles. The molecule has 0 bridgehead atoms. The molecule has 0 aromatic heterocycles. The fourth-order valence-electron chi connectivity index (χ4n) is 3.03. The number of thioether (sulfide) groups is 1. The Balaban J connectivity index is 2.04. The molecule has 0 saturated heterocycles. The maximum absolute atomic E-state index is 13.1. The molecular formula is C24H30Cl2N2O2S. The number of nitrogens with zero attached hydrogens (tertiary/aromatic N) is 1. The SMILES string of the molecule is CC[C@H](C)NC(=O)[C@H](C)N(CCc1ccccc1)C(=O)CSCc1c(Cl)cccc1Cl. The van der Waals surface area contributed by atoms with Gasteiger partial charge in [0.05, 0.1) is 5.75 Å². The Morgan fingerprint density at radius 3 is 2.29 bits per heavy atom. The molecule has 4 nitrogen and oxygen atoms in total. The summed E-state index contributed by atoms with van der Waals surface area (Å²) in [6.45, 7) is 6.25. The molecule has 0 spiro atoms. The molecule has 168 valence electrons. The summed E-state index contributed by atoms with van der Waals surface area (Å²) < 4.78 is 0. The van der Waals surface area contributed by atoms with Crippen LogP contribution in [0.4, 0.5) is 0 Å². The van der Waals surface area contributed by atoms with Crippen molar-refractivity contribution in [3.8, 4) is 0 Å². The van der Waals surface area contributed by atoms with E-state index in [0.29, 0.717) is 28.8 Å². The van der Waals surface area contributed by atoms with Crippen molar-refractivity contribution in [2.45, 2.75) is 51.4 Å². The van der Waals surface area contributed by atoms with Crippen molar-refractivity contribution in [1.29, 1.82) is 0 Å². The third kappa shape index (κ3) is 8.06. The highest BCUT2D eigenvalue weighted by Crippen LogP contribution is 2.28. The second-order valence-electron chi connectivity index (χ2n) is 7.51. The van der Waals surface area contributed by atoms with Gasteiger partial charge in [-0.05, 0) is 49.9 Å². The number of rotatable bonds is 11. The zero-order chi connectivity index (χ0) is 22.8. The quantitative estimate of drug-likeness (QED) is 0.455. The molecule has 0 aliphatic carbocycles. The molecule has 2 atom stereocenters. The first-order valence-corrected chi connectivity index (χ1v) is 12.4. The summed E-state index contributed by atoms with van der Waals surface area (Å²) in [6, 6.07) is 14.9. The zero-order valence-corrected chi connectivity index (χ0v) is 20.6. The van der Waals surface area contributed by atoms with Crippen LogP contribution in [0, 0.1) is 0 Å². The number of hydrogen-bond donors (Lipinski definition) is 1. The predicted molar refractivity (Wildman–Crippen MR) is 132 cm³/mol. The largest absolute Gasteiger partial charge is 0.352 e. The van der Waals surface area contributed by atoms with Crippen molar-refractivity contribution in [1.82, 2.24) is 10.2 Å². The Bertz CT molecular complexity index is 844. The first-order chi connectivity index (χ1) is 14.8. The lowest BCUT2D eigenvalue weighted by Crippen LogP contribution is -2.51. The molecule has 0 aliphatic rings. The van der Waals surface area contributed by atoms with Gasteiger partial charge in [-0.1, -0.05) is 66.5 Å². The summed E-state index contributed by atoms with van der Waals surface area (Å²) in [4.78, 5) is 27.5. The van der Waals surface area contributed by atoms with E-state index in [9.17, 15) is 9.59 Å². The van der Waals surface area contributed by atoms with Crippen molar-refractivity contribution in [2.24, 2.45) is 0 Å². The van der Waals surface area contributed by atoms with Crippen LogP contribution in [0.1, 0.15) is 38.3 Å². The first-order valence-electron chi connectivity index (χ1n) is 10.5. The highest BCUT2D eigenvalue weighted by atomic mass is 35.5. The topological polar surface area (TPSA) is 49.4 Å². The van der Waals surface area contributed by atoms with Gasteiger partial charge >= 0.3 is 0 Å². The van der Waals surface area contributed by atoms with E-state index in [1.54, 1.807) is 30.0 Å². The Morgan fingerprint density at radius 1 is 1.03 bits per heavy atom. The van der Waals surface area contributed by atoms with Gasteiger partial charge in [-0.15, -0.1) is 11.8 Å². The van der Waals surface area contributed by atoms with Crippen LogP contribution in [0.3, 0.4) is 0 Å². The molecule has 0 radical (unpaired) electrons. The molecule has 0 saturated carbocycles. The molecule has 0 unspecified atom stereocenters. The Kier molecular flexibility index (Phi) is 10.7. The third-order valence-electron chi connectivity index (χ3n) is 5.19. The first kappa shape index (κ1) is 25.6. The summed E-state index contributed by atoms with van der Waals surface area (Å²) in [7, 11) is 0. The molecule has 7 heteroatoms. The lowest BCUT2D eigenvalue weighted by atomic mass is 10.1. The van der Waals surface area contributed by atoms with Crippen molar-refractivity contribution in [3.63, 3.8) is 0 Å². The number of carbonyl (C=O) groups excluding carboxylic acids is 2. The van der Waals surface area contributed by atoms with Gasteiger partial charge in [0.1, 0.15) is 6.04 Å². The number of amides is 2. The Labute approximate surface area is 199 Å². The van der Waals surface area contributed by atoms with Gasteiger partial charge in [-0.2, -0.15) is 0 Å². The van der Waals surface area contributed by atoms with Crippen molar-refractivity contribution >= 4 is 46.8 Å². The lowest BCUT2D eigenvalue weighted by Gasteiger charge is -2.29. The monoisotopic (exact) mass is 480 g/mol. The molecule has 0 fully saturated rings. The van der Waals surface area contributed by atoms with Crippen LogP contribution in [0.5, 0.6) is 0 Å². The molecule has 31 heavy (non-hydrogen) atoms. The highest BCUT2D eigenvalue weighted by molar-refractivity contribution is 7.99. The minimum atomic E-state index is -0.547. The molecule has 0 heterocycles. The predicted octanol–water partition coefficient (Wildman–Crippen LogP) is 5.60. The summed E-state index contributed by atoms with van der Waals surface area (Å²) >= 11 is 13.9. The highest BCUT2D eigenvalue weighted by Gasteiger charge is 2.26. The van der Waals surface area contributed by atoms with Crippen LogP contribution < -0.4 is 5.32 Å². The molecule has 2 aromatic rings. The van der Waals surface area contributed by atoms with Gasteiger partial charge in [0.25, 0.3) is 0 Å². The summed E-state index contributed by atoms with van der Waals surface area (Å²) in [5, 5.41) is 4.17. The van der Waals surface area contributed by atoms with E-state index in [0.717, 1.165) is 17.5 Å². The Hall–Kier alpha value is -1.69. The minimum absolute atomic E-state index is 0.0674.